The molecule has 3 N–H and O–H groups in total. The predicted octanol–water partition coefficient (Wildman–Crippen LogP) is 3.17. The lowest BCUT2D eigenvalue weighted by atomic mass is 9.83. The van der Waals surface area contributed by atoms with Gasteiger partial charge in [-0.15, -0.1) is 0 Å². The van der Waals surface area contributed by atoms with Crippen LogP contribution >= 0.6 is 0 Å². The molecule has 0 aliphatic heterocycles. The predicted molar refractivity (Wildman–Crippen MR) is 74.4 cm³/mol. The molecular weight excluding hydrogens is 242 g/mol. The van der Waals surface area contributed by atoms with Crippen LogP contribution in [0.15, 0.2) is 18.2 Å². The zero-order chi connectivity index (χ0) is 13.8. The normalized spacial score (nSPS) is 23.0. The highest BCUT2D eigenvalue weighted by molar-refractivity contribution is 5.91. The molecule has 1 aliphatic carbocycles. The van der Waals surface area contributed by atoms with Gasteiger partial charge in [0.1, 0.15) is 11.3 Å². The Hall–Kier alpha value is -1.71. The van der Waals surface area contributed by atoms with Crippen molar-refractivity contribution >= 4 is 11.7 Å². The van der Waals surface area contributed by atoms with Crippen molar-refractivity contribution in [3.63, 3.8) is 0 Å². The van der Waals surface area contributed by atoms with Crippen molar-refractivity contribution in [1.82, 2.24) is 0 Å². The Morgan fingerprint density at radius 2 is 2.26 bits per heavy atom. The molecular formula is C15H21NO3. The second-order valence-electron chi connectivity index (χ2n) is 5.51. The molecule has 1 aliphatic rings. The fourth-order valence-corrected chi connectivity index (χ4v) is 2.75. The van der Waals surface area contributed by atoms with Crippen molar-refractivity contribution in [3.8, 4) is 5.75 Å². The maximum absolute atomic E-state index is 11.1. The van der Waals surface area contributed by atoms with Crippen molar-refractivity contribution in [3.05, 3.63) is 23.8 Å². The highest BCUT2D eigenvalue weighted by Gasteiger charge is 2.20. The highest BCUT2D eigenvalue weighted by atomic mass is 16.5. The monoisotopic (exact) mass is 263 g/mol. The van der Waals surface area contributed by atoms with Crippen LogP contribution < -0.4 is 10.5 Å². The van der Waals surface area contributed by atoms with E-state index in [1.807, 2.05) is 0 Å². The zero-order valence-corrected chi connectivity index (χ0v) is 11.3. The van der Waals surface area contributed by atoms with Gasteiger partial charge in [-0.05, 0) is 36.8 Å². The van der Waals surface area contributed by atoms with Gasteiger partial charge < -0.3 is 15.6 Å². The summed E-state index contributed by atoms with van der Waals surface area (Å²) in [6, 6.07) is 4.67. The van der Waals surface area contributed by atoms with E-state index in [4.69, 9.17) is 15.6 Å². The minimum atomic E-state index is -0.980. The van der Waals surface area contributed by atoms with Gasteiger partial charge in [0.2, 0.25) is 0 Å². The summed E-state index contributed by atoms with van der Waals surface area (Å²) in [6.07, 6.45) is 4.84. The summed E-state index contributed by atoms with van der Waals surface area (Å²) in [6.45, 7) is 2.84. The molecule has 0 bridgehead atoms. The van der Waals surface area contributed by atoms with Gasteiger partial charge in [-0.1, -0.05) is 19.8 Å². The molecule has 0 aromatic heterocycles. The lowest BCUT2D eigenvalue weighted by Crippen LogP contribution is -2.20. The SMILES string of the molecule is CC1CCCC(COc2cc(N)ccc2C(=O)O)C1. The molecule has 0 saturated heterocycles. The lowest BCUT2D eigenvalue weighted by Gasteiger charge is -2.26. The van der Waals surface area contributed by atoms with Crippen molar-refractivity contribution in [2.75, 3.05) is 12.3 Å². The number of carboxylic acids is 1. The summed E-state index contributed by atoms with van der Waals surface area (Å²) in [5.41, 5.74) is 6.39. The van der Waals surface area contributed by atoms with E-state index < -0.39 is 5.97 Å². The van der Waals surface area contributed by atoms with E-state index in [0.29, 0.717) is 24.0 Å². The molecule has 2 rings (SSSR count). The number of hydrogen-bond donors (Lipinski definition) is 2. The number of rotatable bonds is 4. The third-order valence-corrected chi connectivity index (χ3v) is 3.76. The van der Waals surface area contributed by atoms with Gasteiger partial charge in [-0.2, -0.15) is 0 Å². The number of benzene rings is 1. The van der Waals surface area contributed by atoms with Crippen LogP contribution in [0, 0.1) is 11.8 Å². The Morgan fingerprint density at radius 3 is 2.95 bits per heavy atom. The van der Waals surface area contributed by atoms with Crippen LogP contribution in [0.2, 0.25) is 0 Å². The first-order chi connectivity index (χ1) is 9.06. The molecule has 4 heteroatoms. The number of carboxylic acid groups (broad SMARTS) is 1. The average molecular weight is 263 g/mol. The van der Waals surface area contributed by atoms with Crippen LogP contribution in [0.25, 0.3) is 0 Å². The quantitative estimate of drug-likeness (QED) is 0.818. The number of hydrogen-bond acceptors (Lipinski definition) is 3. The average Bonchev–Trinajstić information content (AvgIpc) is 2.36. The van der Waals surface area contributed by atoms with Crippen molar-refractivity contribution in [1.29, 1.82) is 0 Å². The number of carbonyl (C=O) groups is 1. The molecule has 4 nitrogen and oxygen atoms in total. The van der Waals surface area contributed by atoms with Crippen LogP contribution in [-0.4, -0.2) is 17.7 Å². The van der Waals surface area contributed by atoms with Crippen molar-refractivity contribution < 1.29 is 14.6 Å². The van der Waals surface area contributed by atoms with Gasteiger partial charge >= 0.3 is 5.97 Å². The number of nitrogens with two attached hydrogens (primary N) is 1. The molecule has 0 amide bonds. The molecule has 0 spiro atoms. The summed E-state index contributed by atoms with van der Waals surface area (Å²) in [5.74, 6) is 0.659. The maximum atomic E-state index is 11.1. The van der Waals surface area contributed by atoms with E-state index in [1.54, 1.807) is 12.1 Å². The minimum absolute atomic E-state index is 0.179. The summed E-state index contributed by atoms with van der Waals surface area (Å²) < 4.78 is 5.71. The molecule has 19 heavy (non-hydrogen) atoms. The first-order valence-corrected chi connectivity index (χ1v) is 6.82. The summed E-state index contributed by atoms with van der Waals surface area (Å²) >= 11 is 0. The lowest BCUT2D eigenvalue weighted by molar-refractivity contribution is 0.0690. The summed E-state index contributed by atoms with van der Waals surface area (Å²) in [5, 5.41) is 9.11. The Balaban J connectivity index is 2.02. The summed E-state index contributed by atoms with van der Waals surface area (Å²) in [4.78, 5) is 11.1. The second-order valence-corrected chi connectivity index (χ2v) is 5.51. The fraction of sp³-hybridized carbons (Fsp3) is 0.533. The van der Waals surface area contributed by atoms with Gasteiger partial charge in [0.15, 0.2) is 0 Å². The van der Waals surface area contributed by atoms with E-state index in [0.717, 1.165) is 18.8 Å². The van der Waals surface area contributed by atoms with Crippen LogP contribution in [0.3, 0.4) is 0 Å². The molecule has 1 fully saturated rings. The molecule has 0 heterocycles. The molecule has 2 atom stereocenters. The Labute approximate surface area is 113 Å². The molecule has 104 valence electrons. The Morgan fingerprint density at radius 1 is 1.47 bits per heavy atom. The van der Waals surface area contributed by atoms with E-state index in [1.165, 1.54) is 18.9 Å². The number of aromatic carboxylic acids is 1. The molecule has 2 unspecified atom stereocenters. The van der Waals surface area contributed by atoms with Crippen LogP contribution in [0.5, 0.6) is 5.75 Å². The fourth-order valence-electron chi connectivity index (χ4n) is 2.75. The van der Waals surface area contributed by atoms with E-state index in [9.17, 15) is 4.79 Å². The third-order valence-electron chi connectivity index (χ3n) is 3.76. The maximum Gasteiger partial charge on any atom is 0.339 e. The van der Waals surface area contributed by atoms with Crippen molar-refractivity contribution in [2.45, 2.75) is 32.6 Å². The minimum Gasteiger partial charge on any atom is -0.492 e. The topological polar surface area (TPSA) is 72.5 Å². The van der Waals surface area contributed by atoms with Crippen LogP contribution in [0.4, 0.5) is 5.69 Å². The zero-order valence-electron chi connectivity index (χ0n) is 11.3. The highest BCUT2D eigenvalue weighted by Crippen LogP contribution is 2.30. The first-order valence-electron chi connectivity index (χ1n) is 6.82. The first kappa shape index (κ1) is 13.7. The standard InChI is InChI=1S/C15H21NO3/c1-10-3-2-4-11(7-10)9-19-14-8-12(16)5-6-13(14)15(17)18/h5-6,8,10-11H,2-4,7,9,16H2,1H3,(H,17,18). The molecule has 0 radical (unpaired) electrons. The Kier molecular flexibility index (Phi) is 4.30. The van der Waals surface area contributed by atoms with Gasteiger partial charge in [-0.25, -0.2) is 4.79 Å². The smallest absolute Gasteiger partial charge is 0.339 e. The molecule has 1 aromatic rings. The number of nitrogen functional groups attached to an aromatic ring is 1. The summed E-state index contributed by atoms with van der Waals surface area (Å²) in [7, 11) is 0. The number of anilines is 1. The van der Waals surface area contributed by atoms with Gasteiger partial charge in [-0.3, -0.25) is 0 Å². The largest absolute Gasteiger partial charge is 0.492 e. The molecule has 1 saturated carbocycles. The van der Waals surface area contributed by atoms with Crippen LogP contribution in [0.1, 0.15) is 43.0 Å². The third kappa shape index (κ3) is 3.63. The van der Waals surface area contributed by atoms with E-state index in [-0.39, 0.29) is 5.56 Å². The van der Waals surface area contributed by atoms with Crippen molar-refractivity contribution in [2.24, 2.45) is 11.8 Å². The van der Waals surface area contributed by atoms with Gasteiger partial charge in [0.05, 0.1) is 6.61 Å². The van der Waals surface area contributed by atoms with E-state index >= 15 is 0 Å². The number of ether oxygens (including phenoxy) is 1. The van der Waals surface area contributed by atoms with E-state index in [2.05, 4.69) is 6.92 Å². The van der Waals surface area contributed by atoms with Gasteiger partial charge in [0, 0.05) is 11.8 Å². The van der Waals surface area contributed by atoms with Gasteiger partial charge in [0.25, 0.3) is 0 Å². The molecule has 1 aromatic carbocycles. The second kappa shape index (κ2) is 5.95. The van der Waals surface area contributed by atoms with Crippen LogP contribution in [-0.2, 0) is 0 Å². The Bertz CT molecular complexity index is 459.